The molecule has 48 heavy (non-hydrogen) atoms. The number of hydrogen-bond donors (Lipinski definition) is 1. The molecule has 0 spiro atoms. The van der Waals surface area contributed by atoms with Crippen molar-refractivity contribution in [2.24, 2.45) is 0 Å². The molecule has 0 aromatic heterocycles. The van der Waals surface area contributed by atoms with Gasteiger partial charge in [-0.3, -0.25) is 9.59 Å². The molecule has 8 nitrogen and oxygen atoms in total. The number of allylic oxidation sites excluding steroid dienone is 10. The van der Waals surface area contributed by atoms with Crippen molar-refractivity contribution in [2.45, 2.75) is 135 Å². The zero-order valence-electron chi connectivity index (χ0n) is 30.9. The Kier molecular flexibility index (Phi) is 29.4. The van der Waals surface area contributed by atoms with E-state index in [0.29, 0.717) is 19.3 Å². The summed E-state index contributed by atoms with van der Waals surface area (Å²) in [5.74, 6) is -1.59. The molecule has 0 saturated carbocycles. The molecule has 1 N–H and O–H groups in total. The molecule has 0 rings (SSSR count). The number of likely N-dealkylation sites (N-methyl/N-ethyl adjacent to an activating group) is 1. The lowest BCUT2D eigenvalue weighted by Gasteiger charge is -2.31. The monoisotopic (exact) mass is 674 g/mol. The van der Waals surface area contributed by atoms with Gasteiger partial charge in [0.25, 0.3) is 0 Å². The van der Waals surface area contributed by atoms with Crippen LogP contribution in [0, 0.1) is 0 Å². The number of carbonyl (C=O) groups is 3. The molecule has 0 bridgehead atoms. The first-order chi connectivity index (χ1) is 23.1. The quantitative estimate of drug-likeness (QED) is 0.0339. The van der Waals surface area contributed by atoms with Crippen LogP contribution in [0.2, 0.25) is 0 Å². The van der Waals surface area contributed by atoms with Crippen molar-refractivity contribution in [3.63, 3.8) is 0 Å². The number of rotatable bonds is 31. The van der Waals surface area contributed by atoms with Crippen LogP contribution in [0.3, 0.4) is 0 Å². The van der Waals surface area contributed by atoms with E-state index in [-0.39, 0.29) is 49.1 Å². The summed E-state index contributed by atoms with van der Waals surface area (Å²) in [5, 5.41) is 9.56. The molecular formula is C40H68NO7+. The minimum Gasteiger partial charge on any atom is -0.477 e. The van der Waals surface area contributed by atoms with Crippen molar-refractivity contribution >= 4 is 17.9 Å². The smallest absolute Gasteiger partial charge is 0.362 e. The number of esters is 2. The van der Waals surface area contributed by atoms with Gasteiger partial charge in [0.2, 0.25) is 0 Å². The summed E-state index contributed by atoms with van der Waals surface area (Å²) < 4.78 is 17.0. The Morgan fingerprint density at radius 2 is 1.21 bits per heavy atom. The zero-order chi connectivity index (χ0) is 35.7. The summed E-state index contributed by atoms with van der Waals surface area (Å²) in [6, 6.07) is -0.625. The number of unbranched alkanes of at least 4 members (excludes halogenated alkanes) is 7. The van der Waals surface area contributed by atoms with Crippen LogP contribution >= 0.6 is 0 Å². The minimum absolute atomic E-state index is 0.0337. The highest BCUT2D eigenvalue weighted by molar-refractivity contribution is 5.72. The van der Waals surface area contributed by atoms with Gasteiger partial charge < -0.3 is 23.8 Å². The third kappa shape index (κ3) is 29.2. The Hall–Kier alpha value is -2.97. The van der Waals surface area contributed by atoms with Crippen LogP contribution in [0.1, 0.15) is 123 Å². The van der Waals surface area contributed by atoms with Gasteiger partial charge in [0.15, 0.2) is 12.1 Å². The molecule has 0 aromatic rings. The third-order valence-corrected chi connectivity index (χ3v) is 7.66. The molecule has 274 valence electrons. The summed E-state index contributed by atoms with van der Waals surface area (Å²) >= 11 is 0. The number of carboxylic acid groups (broad SMARTS) is 1. The summed E-state index contributed by atoms with van der Waals surface area (Å²) in [4.78, 5) is 36.6. The van der Waals surface area contributed by atoms with E-state index in [4.69, 9.17) is 14.2 Å². The van der Waals surface area contributed by atoms with Gasteiger partial charge in [-0.15, -0.1) is 0 Å². The summed E-state index contributed by atoms with van der Waals surface area (Å²) in [5.41, 5.74) is 0. The number of ether oxygens (including phenoxy) is 3. The average Bonchev–Trinajstić information content (AvgIpc) is 3.03. The molecule has 0 fully saturated rings. The first-order valence-corrected chi connectivity index (χ1v) is 18.3. The topological polar surface area (TPSA) is 99.1 Å². The molecule has 0 aliphatic heterocycles. The Balaban J connectivity index is 4.53. The van der Waals surface area contributed by atoms with E-state index in [9.17, 15) is 19.5 Å². The molecule has 0 aliphatic rings. The van der Waals surface area contributed by atoms with Crippen molar-refractivity contribution in [1.29, 1.82) is 0 Å². The van der Waals surface area contributed by atoms with Gasteiger partial charge in [0, 0.05) is 19.3 Å². The van der Waals surface area contributed by atoms with Crippen LogP contribution in [0.4, 0.5) is 0 Å². The molecular weight excluding hydrogens is 606 g/mol. The minimum atomic E-state index is -0.889. The predicted molar refractivity (Wildman–Crippen MR) is 197 cm³/mol. The second-order valence-corrected chi connectivity index (χ2v) is 13.1. The number of carbonyl (C=O) groups excluding carboxylic acids is 2. The molecule has 8 heteroatoms. The fourth-order valence-corrected chi connectivity index (χ4v) is 4.80. The third-order valence-electron chi connectivity index (χ3n) is 7.66. The van der Waals surface area contributed by atoms with Crippen molar-refractivity contribution in [2.75, 3.05) is 41.0 Å². The maximum atomic E-state index is 12.6. The Bertz CT molecular complexity index is 975. The highest BCUT2D eigenvalue weighted by Crippen LogP contribution is 2.11. The lowest BCUT2D eigenvalue weighted by molar-refractivity contribution is -0.887. The SMILES string of the molecule is CC/C=C/C/C=C/C/C=C/C/C=C/CCCCCC(=O)OC(COCCC(C(=O)O)[N+](C)(C)C)COC(=O)CC/C=C/CCCCCC. The van der Waals surface area contributed by atoms with Crippen molar-refractivity contribution in [3.8, 4) is 0 Å². The van der Waals surface area contributed by atoms with Crippen LogP contribution in [-0.4, -0.2) is 80.6 Å². The van der Waals surface area contributed by atoms with E-state index in [1.165, 1.54) is 19.3 Å². The maximum absolute atomic E-state index is 12.6. The van der Waals surface area contributed by atoms with Gasteiger partial charge in [-0.2, -0.15) is 0 Å². The van der Waals surface area contributed by atoms with Crippen molar-refractivity contribution in [3.05, 3.63) is 60.8 Å². The predicted octanol–water partition coefficient (Wildman–Crippen LogP) is 9.07. The largest absolute Gasteiger partial charge is 0.477 e. The number of aliphatic carboxylic acids is 1. The van der Waals surface area contributed by atoms with Crippen LogP contribution in [0.15, 0.2) is 60.8 Å². The fourth-order valence-electron chi connectivity index (χ4n) is 4.80. The number of nitrogens with zero attached hydrogens (tertiary/aromatic N) is 1. The molecule has 2 atom stereocenters. The first kappa shape index (κ1) is 45.0. The summed E-state index contributed by atoms with van der Waals surface area (Å²) in [7, 11) is 5.48. The molecule has 0 amide bonds. The van der Waals surface area contributed by atoms with E-state index in [0.717, 1.165) is 57.8 Å². The fraction of sp³-hybridized carbons (Fsp3) is 0.675. The standard InChI is InChI=1S/C40H67NO7/c1-6-8-10-12-14-16-17-18-19-20-21-22-23-25-27-29-31-39(43)48-36(34-46-33-32-37(40(44)45)41(3,4)5)35-47-38(42)30-28-26-24-15-13-11-9-7-2/h8,10,14,16,18-19,21-22,24,26,36-37H,6-7,9,11-13,15,17,20,23,25,27-35H2,1-5H3/p+1/b10-8+,16-14+,19-18+,22-21+,26-24+. The zero-order valence-corrected chi connectivity index (χ0v) is 30.9. The van der Waals surface area contributed by atoms with Gasteiger partial charge >= 0.3 is 17.9 Å². The Morgan fingerprint density at radius 1 is 0.646 bits per heavy atom. The average molecular weight is 675 g/mol. The molecule has 0 heterocycles. The number of quaternary nitrogens is 1. The second kappa shape index (κ2) is 31.3. The normalized spacial score (nSPS) is 13.8. The van der Waals surface area contributed by atoms with Crippen LogP contribution in [0.5, 0.6) is 0 Å². The molecule has 0 saturated heterocycles. The highest BCUT2D eigenvalue weighted by Gasteiger charge is 2.31. The van der Waals surface area contributed by atoms with E-state index in [1.807, 2.05) is 27.2 Å². The van der Waals surface area contributed by atoms with Gasteiger partial charge in [0.05, 0.1) is 34.4 Å². The number of carboxylic acids is 1. The lowest BCUT2D eigenvalue weighted by atomic mass is 10.1. The lowest BCUT2D eigenvalue weighted by Crippen LogP contribution is -2.50. The van der Waals surface area contributed by atoms with E-state index in [2.05, 4.69) is 68.5 Å². The van der Waals surface area contributed by atoms with Crippen molar-refractivity contribution in [1.82, 2.24) is 0 Å². The van der Waals surface area contributed by atoms with Crippen LogP contribution in [-0.2, 0) is 28.6 Å². The number of hydrogen-bond acceptors (Lipinski definition) is 6. The maximum Gasteiger partial charge on any atom is 0.362 e. The molecule has 0 aliphatic carbocycles. The van der Waals surface area contributed by atoms with E-state index < -0.39 is 18.1 Å². The van der Waals surface area contributed by atoms with Gasteiger partial charge in [0.1, 0.15) is 6.61 Å². The molecule has 2 unspecified atom stereocenters. The van der Waals surface area contributed by atoms with Crippen LogP contribution in [0.25, 0.3) is 0 Å². The summed E-state index contributed by atoms with van der Waals surface area (Å²) in [6.07, 6.45) is 35.7. The first-order valence-electron chi connectivity index (χ1n) is 18.3. The van der Waals surface area contributed by atoms with Crippen molar-refractivity contribution < 1.29 is 38.2 Å². The molecule has 0 aromatic carbocycles. The highest BCUT2D eigenvalue weighted by atomic mass is 16.6. The van der Waals surface area contributed by atoms with Gasteiger partial charge in [-0.05, 0) is 64.2 Å². The van der Waals surface area contributed by atoms with Gasteiger partial charge in [-0.1, -0.05) is 100 Å². The van der Waals surface area contributed by atoms with Crippen LogP contribution < -0.4 is 0 Å². The van der Waals surface area contributed by atoms with E-state index in [1.54, 1.807) is 0 Å². The Labute approximate surface area is 292 Å². The Morgan fingerprint density at radius 3 is 1.79 bits per heavy atom. The summed E-state index contributed by atoms with van der Waals surface area (Å²) in [6.45, 7) is 4.46. The second-order valence-electron chi connectivity index (χ2n) is 13.1. The van der Waals surface area contributed by atoms with Gasteiger partial charge in [-0.25, -0.2) is 4.79 Å². The van der Waals surface area contributed by atoms with E-state index >= 15 is 0 Å². The molecule has 0 radical (unpaired) electrons.